The lowest BCUT2D eigenvalue weighted by atomic mass is 10.1. The van der Waals surface area contributed by atoms with Crippen molar-refractivity contribution < 1.29 is 18.0 Å². The molecule has 10 heteroatoms. The first kappa shape index (κ1) is 18.4. The van der Waals surface area contributed by atoms with Crippen LogP contribution >= 0.6 is 0 Å². The molecule has 0 saturated heterocycles. The largest absolute Gasteiger partial charge is 0.419 e. The lowest BCUT2D eigenvalue weighted by molar-refractivity contribution is -0.137. The number of nitrogens with two attached hydrogens (primary N) is 1. The zero-order valence-corrected chi connectivity index (χ0v) is 14.7. The number of nitrogens with one attached hydrogen (secondary N) is 1. The number of carbonyl (C=O) groups excluding carboxylic acids is 1. The highest BCUT2D eigenvalue weighted by atomic mass is 19.4. The number of amides is 1. The van der Waals surface area contributed by atoms with Crippen LogP contribution in [0.2, 0.25) is 0 Å². The Morgan fingerprint density at radius 1 is 1.07 bits per heavy atom. The Balaban J connectivity index is 1.65. The average molecular weight is 398 g/mol. The number of rotatable bonds is 3. The maximum absolute atomic E-state index is 13.1. The number of fused-ring (bicyclic) bond motifs is 1. The predicted molar refractivity (Wildman–Crippen MR) is 100 cm³/mol. The normalized spacial score (nSPS) is 11.6. The van der Waals surface area contributed by atoms with E-state index in [4.69, 9.17) is 5.73 Å². The van der Waals surface area contributed by atoms with Crippen LogP contribution in [0.4, 0.5) is 24.8 Å². The number of nitrogens with zero attached hydrogens (tertiary/aromatic N) is 4. The number of hydrogen-bond acceptors (Lipinski definition) is 5. The van der Waals surface area contributed by atoms with E-state index < -0.39 is 23.5 Å². The fraction of sp³-hybridized carbons (Fsp3) is 0.0526. The molecule has 4 rings (SSSR count). The van der Waals surface area contributed by atoms with Gasteiger partial charge in [-0.3, -0.25) is 9.78 Å². The number of carbonyl (C=O) groups is 1. The Morgan fingerprint density at radius 2 is 1.90 bits per heavy atom. The van der Waals surface area contributed by atoms with Gasteiger partial charge >= 0.3 is 6.18 Å². The summed E-state index contributed by atoms with van der Waals surface area (Å²) < 4.78 is 40.8. The van der Waals surface area contributed by atoms with Gasteiger partial charge in [-0.05, 0) is 30.3 Å². The molecule has 146 valence electrons. The van der Waals surface area contributed by atoms with Gasteiger partial charge in [0.2, 0.25) is 0 Å². The molecule has 7 nitrogen and oxygen atoms in total. The molecule has 4 heterocycles. The molecule has 1 amide bonds. The number of aromatic nitrogens is 4. The van der Waals surface area contributed by atoms with E-state index in [9.17, 15) is 18.0 Å². The van der Waals surface area contributed by atoms with Gasteiger partial charge in [0.15, 0.2) is 5.82 Å². The minimum absolute atomic E-state index is 0.234. The van der Waals surface area contributed by atoms with E-state index in [1.165, 1.54) is 12.4 Å². The highest BCUT2D eigenvalue weighted by Crippen LogP contribution is 2.35. The first-order chi connectivity index (χ1) is 13.8. The Labute approximate surface area is 162 Å². The fourth-order valence-corrected chi connectivity index (χ4v) is 2.76. The van der Waals surface area contributed by atoms with Gasteiger partial charge in [-0.1, -0.05) is 6.07 Å². The SMILES string of the molecule is Nc1ncc(-c2ccc3nc(NC(=O)c4ccccn4)cn3c2)cc1C(F)(F)F. The highest BCUT2D eigenvalue weighted by Gasteiger charge is 2.34. The quantitative estimate of drug-likeness (QED) is 0.549. The van der Waals surface area contributed by atoms with Gasteiger partial charge in [0.1, 0.15) is 17.2 Å². The van der Waals surface area contributed by atoms with Crippen molar-refractivity contribution in [2.24, 2.45) is 0 Å². The highest BCUT2D eigenvalue weighted by molar-refractivity contribution is 6.02. The maximum Gasteiger partial charge on any atom is 0.419 e. The number of anilines is 2. The first-order valence-electron chi connectivity index (χ1n) is 8.35. The molecule has 29 heavy (non-hydrogen) atoms. The van der Waals surface area contributed by atoms with Crippen LogP contribution in [0.15, 0.2) is 61.2 Å². The van der Waals surface area contributed by atoms with E-state index in [0.29, 0.717) is 11.2 Å². The summed E-state index contributed by atoms with van der Waals surface area (Å²) in [4.78, 5) is 24.1. The van der Waals surface area contributed by atoms with Crippen molar-refractivity contribution in [3.05, 3.63) is 72.4 Å². The summed E-state index contributed by atoms with van der Waals surface area (Å²) in [6.45, 7) is 0. The fourth-order valence-electron chi connectivity index (χ4n) is 2.76. The van der Waals surface area contributed by atoms with Crippen LogP contribution in [0.25, 0.3) is 16.8 Å². The Kier molecular flexibility index (Phi) is 4.38. The number of pyridine rings is 3. The minimum atomic E-state index is -4.60. The van der Waals surface area contributed by atoms with E-state index in [0.717, 1.165) is 6.07 Å². The van der Waals surface area contributed by atoms with Crippen LogP contribution in [-0.2, 0) is 6.18 Å². The van der Waals surface area contributed by atoms with Crippen LogP contribution in [0.1, 0.15) is 16.1 Å². The second kappa shape index (κ2) is 6.89. The summed E-state index contributed by atoms with van der Waals surface area (Å²) in [6, 6.07) is 9.13. The Hall–Kier alpha value is -3.95. The molecule has 0 aliphatic heterocycles. The Bertz CT molecular complexity index is 1200. The number of nitrogen functional groups attached to an aromatic ring is 1. The third-order valence-electron chi connectivity index (χ3n) is 4.15. The van der Waals surface area contributed by atoms with Crippen molar-refractivity contribution in [1.82, 2.24) is 19.4 Å². The summed E-state index contributed by atoms with van der Waals surface area (Å²) in [6.07, 6.45) is 1.31. The number of halogens is 3. The molecule has 0 bridgehead atoms. The molecule has 3 N–H and O–H groups in total. The zero-order chi connectivity index (χ0) is 20.6. The molecule has 0 fully saturated rings. The summed E-state index contributed by atoms with van der Waals surface area (Å²) in [5.74, 6) is -0.722. The monoisotopic (exact) mass is 398 g/mol. The molecule has 0 radical (unpaired) electrons. The first-order valence-corrected chi connectivity index (χ1v) is 8.35. The van der Waals surface area contributed by atoms with Crippen molar-refractivity contribution in [1.29, 1.82) is 0 Å². The summed E-state index contributed by atoms with van der Waals surface area (Å²) in [5, 5.41) is 2.63. The molecular formula is C19H13F3N6O. The van der Waals surface area contributed by atoms with E-state index in [1.54, 1.807) is 47.1 Å². The molecule has 0 aliphatic carbocycles. The average Bonchev–Trinajstić information content (AvgIpc) is 3.09. The second-order valence-electron chi connectivity index (χ2n) is 6.13. The number of imidazole rings is 1. The van der Waals surface area contributed by atoms with Crippen LogP contribution in [0.5, 0.6) is 0 Å². The smallest absolute Gasteiger partial charge is 0.383 e. The molecule has 0 atom stereocenters. The molecule has 0 saturated carbocycles. The summed E-state index contributed by atoms with van der Waals surface area (Å²) in [5.41, 5.74) is 5.83. The van der Waals surface area contributed by atoms with Gasteiger partial charge in [0, 0.05) is 29.7 Å². The van der Waals surface area contributed by atoms with Gasteiger partial charge in [0.05, 0.1) is 11.8 Å². The molecule has 0 aromatic carbocycles. The van der Waals surface area contributed by atoms with Crippen molar-refractivity contribution in [3.8, 4) is 11.1 Å². The van der Waals surface area contributed by atoms with Crippen LogP contribution in [0, 0.1) is 0 Å². The minimum Gasteiger partial charge on any atom is -0.383 e. The molecular weight excluding hydrogens is 385 g/mol. The summed E-state index contributed by atoms with van der Waals surface area (Å²) >= 11 is 0. The van der Waals surface area contributed by atoms with Gasteiger partial charge < -0.3 is 15.5 Å². The zero-order valence-electron chi connectivity index (χ0n) is 14.7. The van der Waals surface area contributed by atoms with Gasteiger partial charge in [-0.15, -0.1) is 0 Å². The van der Waals surface area contributed by atoms with Crippen LogP contribution in [0.3, 0.4) is 0 Å². The van der Waals surface area contributed by atoms with Gasteiger partial charge in [-0.25, -0.2) is 9.97 Å². The van der Waals surface area contributed by atoms with Gasteiger partial charge in [0.25, 0.3) is 5.91 Å². The second-order valence-corrected chi connectivity index (χ2v) is 6.13. The standard InChI is InChI=1S/C19H13F3N6O/c20-19(21,22)13-7-12(8-25-17(13)23)11-4-5-16-26-15(10-28(16)9-11)27-18(29)14-3-1-2-6-24-14/h1-10H,(H2,23,25)(H,27,29). The molecule has 0 unspecified atom stereocenters. The summed E-state index contributed by atoms with van der Waals surface area (Å²) in [7, 11) is 0. The van der Waals surface area contributed by atoms with Crippen molar-refractivity contribution >= 4 is 23.2 Å². The topological polar surface area (TPSA) is 98.2 Å². The van der Waals surface area contributed by atoms with E-state index >= 15 is 0 Å². The third-order valence-corrected chi connectivity index (χ3v) is 4.15. The maximum atomic E-state index is 13.1. The van der Waals surface area contributed by atoms with Crippen LogP contribution in [-0.4, -0.2) is 25.3 Å². The molecule has 0 aliphatic rings. The third kappa shape index (κ3) is 3.72. The molecule has 0 spiro atoms. The number of alkyl halides is 3. The van der Waals surface area contributed by atoms with Crippen molar-refractivity contribution in [2.45, 2.75) is 6.18 Å². The van der Waals surface area contributed by atoms with Gasteiger partial charge in [-0.2, -0.15) is 13.2 Å². The van der Waals surface area contributed by atoms with E-state index in [-0.39, 0.29) is 17.1 Å². The van der Waals surface area contributed by atoms with Crippen LogP contribution < -0.4 is 11.1 Å². The lowest BCUT2D eigenvalue weighted by Gasteiger charge is -2.11. The van der Waals surface area contributed by atoms with E-state index in [2.05, 4.69) is 20.3 Å². The van der Waals surface area contributed by atoms with E-state index in [1.807, 2.05) is 0 Å². The molecule has 4 aromatic rings. The van der Waals surface area contributed by atoms with Crippen molar-refractivity contribution in [3.63, 3.8) is 0 Å². The molecule has 4 aromatic heterocycles. The lowest BCUT2D eigenvalue weighted by Crippen LogP contribution is -2.13. The Morgan fingerprint density at radius 3 is 2.62 bits per heavy atom. The van der Waals surface area contributed by atoms with Crippen molar-refractivity contribution in [2.75, 3.05) is 11.1 Å². The predicted octanol–water partition coefficient (Wildman–Crippen LogP) is 3.64. The number of hydrogen-bond donors (Lipinski definition) is 2.